The quantitative estimate of drug-likeness (QED) is 0.299. The molecule has 36 heavy (non-hydrogen) atoms. The minimum atomic E-state index is -1.68. The topological polar surface area (TPSA) is 124 Å². The van der Waals surface area contributed by atoms with Crippen molar-refractivity contribution >= 4 is 23.2 Å². The summed E-state index contributed by atoms with van der Waals surface area (Å²) in [6, 6.07) is 17.7. The predicted octanol–water partition coefficient (Wildman–Crippen LogP) is 4.89. The number of aromatic nitrogens is 1. The molecule has 0 N–H and O–H groups in total. The molecule has 0 spiro atoms. The van der Waals surface area contributed by atoms with E-state index in [2.05, 4.69) is 17.1 Å². The van der Waals surface area contributed by atoms with Crippen LogP contribution in [0.25, 0.3) is 6.08 Å². The van der Waals surface area contributed by atoms with Gasteiger partial charge in [0.1, 0.15) is 6.04 Å². The smallest absolute Gasteiger partial charge is 0.269 e. The molecule has 1 saturated heterocycles. The molecular formula is C28H21N5O3. The molecule has 0 radical (unpaired) electrons. The largest absolute Gasteiger partial charge is 0.349 e. The van der Waals surface area contributed by atoms with Gasteiger partial charge in [0.15, 0.2) is 11.2 Å². The molecule has 0 amide bonds. The Hall–Kier alpha value is -4.82. The number of benzene rings is 2. The zero-order chi connectivity index (χ0) is 25.6. The second-order valence-corrected chi connectivity index (χ2v) is 9.17. The number of ketones is 1. The Kier molecular flexibility index (Phi) is 5.38. The number of fused-ring (bicyclic) bond motifs is 3. The van der Waals surface area contributed by atoms with Gasteiger partial charge in [-0.3, -0.25) is 19.9 Å². The van der Waals surface area contributed by atoms with Crippen LogP contribution in [0.5, 0.6) is 0 Å². The molecule has 2 aliphatic rings. The summed E-state index contributed by atoms with van der Waals surface area (Å²) < 4.78 is 0. The van der Waals surface area contributed by atoms with Gasteiger partial charge in [-0.2, -0.15) is 10.5 Å². The zero-order valence-electron chi connectivity index (χ0n) is 19.6. The van der Waals surface area contributed by atoms with Crippen molar-refractivity contribution in [3.63, 3.8) is 0 Å². The van der Waals surface area contributed by atoms with Crippen LogP contribution in [0.4, 0.5) is 11.4 Å². The highest BCUT2D eigenvalue weighted by molar-refractivity contribution is 6.05. The Labute approximate surface area is 207 Å². The number of nitro benzene ring substituents is 1. The number of nitro groups is 1. The summed E-state index contributed by atoms with van der Waals surface area (Å²) in [7, 11) is 0. The number of nitrogens with zero attached hydrogens (tertiary/aromatic N) is 5. The Morgan fingerprint density at radius 1 is 1.11 bits per heavy atom. The van der Waals surface area contributed by atoms with E-state index in [1.54, 1.807) is 41.4 Å². The van der Waals surface area contributed by atoms with E-state index in [1.807, 2.05) is 32.0 Å². The second kappa shape index (κ2) is 8.44. The summed E-state index contributed by atoms with van der Waals surface area (Å²) in [6.45, 7) is 3.79. The minimum absolute atomic E-state index is 0.169. The Morgan fingerprint density at radius 3 is 2.58 bits per heavy atom. The fourth-order valence-electron chi connectivity index (χ4n) is 5.57. The first-order valence-electron chi connectivity index (χ1n) is 11.4. The number of hydrogen-bond acceptors (Lipinski definition) is 7. The molecule has 8 nitrogen and oxygen atoms in total. The van der Waals surface area contributed by atoms with Crippen LogP contribution < -0.4 is 4.90 Å². The van der Waals surface area contributed by atoms with Crippen LogP contribution in [0.3, 0.4) is 0 Å². The summed E-state index contributed by atoms with van der Waals surface area (Å²) in [4.78, 5) is 31.6. The van der Waals surface area contributed by atoms with Crippen molar-refractivity contribution in [1.82, 2.24) is 4.98 Å². The summed E-state index contributed by atoms with van der Waals surface area (Å²) in [5.41, 5.74) is 2.06. The third-order valence-electron chi connectivity index (χ3n) is 7.13. The lowest BCUT2D eigenvalue weighted by molar-refractivity contribution is -0.384. The van der Waals surface area contributed by atoms with Gasteiger partial charge in [0.2, 0.25) is 0 Å². The molecule has 2 aromatic carbocycles. The molecule has 5 rings (SSSR count). The molecule has 0 bridgehead atoms. The van der Waals surface area contributed by atoms with E-state index in [9.17, 15) is 25.4 Å². The molecule has 8 heteroatoms. The van der Waals surface area contributed by atoms with Gasteiger partial charge in [0.25, 0.3) is 5.69 Å². The van der Waals surface area contributed by atoms with Crippen molar-refractivity contribution in [2.75, 3.05) is 4.90 Å². The second-order valence-electron chi connectivity index (χ2n) is 9.17. The van der Waals surface area contributed by atoms with Gasteiger partial charge < -0.3 is 4.90 Å². The van der Waals surface area contributed by atoms with Gasteiger partial charge >= 0.3 is 0 Å². The maximum Gasteiger partial charge on any atom is 0.269 e. The highest BCUT2D eigenvalue weighted by Crippen LogP contribution is 2.55. The third kappa shape index (κ3) is 3.27. The lowest BCUT2D eigenvalue weighted by atomic mass is 9.69. The number of rotatable bonds is 4. The van der Waals surface area contributed by atoms with Crippen LogP contribution >= 0.6 is 0 Å². The molecule has 3 atom stereocenters. The number of pyridine rings is 1. The van der Waals surface area contributed by atoms with Crippen LogP contribution in [0.2, 0.25) is 0 Å². The van der Waals surface area contributed by atoms with Gasteiger partial charge in [-0.05, 0) is 43.2 Å². The molecule has 2 aliphatic heterocycles. The normalized spacial score (nSPS) is 21.1. The van der Waals surface area contributed by atoms with Gasteiger partial charge in [-0.15, -0.1) is 0 Å². The van der Waals surface area contributed by atoms with Gasteiger partial charge in [0.05, 0.1) is 34.5 Å². The van der Waals surface area contributed by atoms with Crippen LogP contribution in [0.1, 0.15) is 38.7 Å². The molecule has 1 aromatic heterocycles. The van der Waals surface area contributed by atoms with Crippen LogP contribution in [0, 0.1) is 52.0 Å². The fraction of sp³-hybridized carbons (Fsp3) is 0.214. The number of non-ortho nitro benzene ring substituents is 1. The molecule has 1 fully saturated rings. The molecule has 0 aliphatic carbocycles. The first kappa shape index (κ1) is 22.9. The van der Waals surface area contributed by atoms with Gasteiger partial charge in [0, 0.05) is 29.8 Å². The van der Waals surface area contributed by atoms with E-state index in [1.165, 1.54) is 18.2 Å². The highest BCUT2D eigenvalue weighted by atomic mass is 16.6. The van der Waals surface area contributed by atoms with E-state index in [0.29, 0.717) is 22.5 Å². The molecular weight excluding hydrogens is 454 g/mol. The Bertz CT molecular complexity index is 1520. The van der Waals surface area contributed by atoms with Crippen molar-refractivity contribution < 1.29 is 9.72 Å². The average Bonchev–Trinajstić information content (AvgIpc) is 3.19. The van der Waals surface area contributed by atoms with Crippen LogP contribution in [-0.4, -0.2) is 27.8 Å². The van der Waals surface area contributed by atoms with Gasteiger partial charge in [-0.1, -0.05) is 42.0 Å². The van der Waals surface area contributed by atoms with Crippen molar-refractivity contribution in [1.29, 1.82) is 10.5 Å². The average molecular weight is 476 g/mol. The Balaban J connectivity index is 1.81. The van der Waals surface area contributed by atoms with Crippen LogP contribution in [-0.2, 0) is 0 Å². The number of nitriles is 2. The van der Waals surface area contributed by atoms with E-state index in [4.69, 9.17) is 0 Å². The maximum atomic E-state index is 14.3. The van der Waals surface area contributed by atoms with E-state index in [0.717, 1.165) is 11.1 Å². The highest BCUT2D eigenvalue weighted by Gasteiger charge is 2.63. The molecule has 3 aromatic rings. The van der Waals surface area contributed by atoms with Crippen LogP contribution in [0.15, 0.2) is 66.9 Å². The number of Topliss-reactive ketones (excluding diaryl/α,β-unsaturated/α-hetero) is 1. The van der Waals surface area contributed by atoms with E-state index < -0.39 is 28.3 Å². The predicted molar refractivity (Wildman–Crippen MR) is 133 cm³/mol. The van der Waals surface area contributed by atoms with Crippen molar-refractivity contribution in [3.8, 4) is 12.1 Å². The van der Waals surface area contributed by atoms with Crippen molar-refractivity contribution in [2.45, 2.75) is 31.8 Å². The summed E-state index contributed by atoms with van der Waals surface area (Å²) in [6.07, 6.45) is 5.14. The number of aryl methyl sites for hydroxylation is 2. The maximum absolute atomic E-state index is 14.3. The van der Waals surface area contributed by atoms with Crippen molar-refractivity contribution in [2.24, 2.45) is 5.41 Å². The fourth-order valence-corrected chi connectivity index (χ4v) is 5.57. The first-order valence-corrected chi connectivity index (χ1v) is 11.4. The molecule has 0 saturated carbocycles. The number of hydrogen-bond donors (Lipinski definition) is 0. The SMILES string of the molecule is Cc1ccc(C(=O)[C@@H]2[C@@H](c3cccc([N+](=O)[O-])c3)C(C#N)(C#N)[C@H]3C=Cc4ncccc4N23)c(C)c1. The summed E-state index contributed by atoms with van der Waals surface area (Å²) in [5, 5.41) is 32.5. The lowest BCUT2D eigenvalue weighted by Gasteiger charge is -2.35. The summed E-state index contributed by atoms with van der Waals surface area (Å²) in [5.74, 6) is -1.21. The van der Waals surface area contributed by atoms with Gasteiger partial charge in [-0.25, -0.2) is 0 Å². The third-order valence-corrected chi connectivity index (χ3v) is 7.13. The minimum Gasteiger partial charge on any atom is -0.349 e. The molecule has 3 heterocycles. The van der Waals surface area contributed by atoms with E-state index in [-0.39, 0.29) is 11.5 Å². The van der Waals surface area contributed by atoms with E-state index >= 15 is 0 Å². The monoisotopic (exact) mass is 475 g/mol. The number of anilines is 1. The number of carbonyl (C=O) groups excluding carboxylic acids is 1. The number of carbonyl (C=O) groups is 1. The lowest BCUT2D eigenvalue weighted by Crippen LogP contribution is -2.44. The Morgan fingerprint density at radius 2 is 1.89 bits per heavy atom. The molecule has 176 valence electrons. The first-order chi connectivity index (χ1) is 17.3. The standard InChI is InChI=1S/C28H21N5O3/c1-17-8-9-21(18(2)13-17)27(34)26-25(19-5-3-6-20(14-19)33(35)36)28(15-29,16-30)24-11-10-22-23(32(24)26)7-4-12-31-22/h3-14,24-26H,1-2H3/t24-,25-,26+/m1/s1. The summed E-state index contributed by atoms with van der Waals surface area (Å²) >= 11 is 0. The zero-order valence-corrected chi connectivity index (χ0v) is 19.6. The van der Waals surface area contributed by atoms with Crippen molar-refractivity contribution in [3.05, 3.63) is 105 Å². The molecule has 0 unspecified atom stereocenters.